The highest BCUT2D eigenvalue weighted by Crippen LogP contribution is 2.30. The third kappa shape index (κ3) is 3.10. The fourth-order valence-electron chi connectivity index (χ4n) is 1.56. The van der Waals surface area contributed by atoms with Gasteiger partial charge in [0.15, 0.2) is 0 Å². The van der Waals surface area contributed by atoms with Crippen LogP contribution < -0.4 is 10.5 Å². The van der Waals surface area contributed by atoms with E-state index in [2.05, 4.69) is 20.7 Å². The van der Waals surface area contributed by atoms with Crippen LogP contribution in [0.1, 0.15) is 11.1 Å². The molecule has 0 unspecified atom stereocenters. The molecule has 1 heterocycles. The summed E-state index contributed by atoms with van der Waals surface area (Å²) < 4.78 is 27.9. The lowest BCUT2D eigenvalue weighted by Crippen LogP contribution is -2.13. The number of nitrogens with two attached hydrogens (primary N) is 1. The Labute approximate surface area is 124 Å². The minimum absolute atomic E-state index is 0.247. The van der Waals surface area contributed by atoms with Gasteiger partial charge in [-0.15, -0.1) is 11.3 Å². The highest BCUT2D eigenvalue weighted by Gasteiger charge is 2.18. The quantitative estimate of drug-likeness (QED) is 0.822. The first-order valence-electron chi connectivity index (χ1n) is 5.44. The topological polar surface area (TPSA) is 72.2 Å². The molecule has 2 rings (SSSR count). The van der Waals surface area contributed by atoms with E-state index >= 15 is 0 Å². The molecule has 0 aliphatic carbocycles. The summed E-state index contributed by atoms with van der Waals surface area (Å²) in [7, 11) is -3.59. The minimum atomic E-state index is -3.59. The lowest BCUT2D eigenvalue weighted by Gasteiger charge is -2.11. The van der Waals surface area contributed by atoms with Crippen molar-refractivity contribution >= 4 is 48.7 Å². The van der Waals surface area contributed by atoms with Gasteiger partial charge in [0.2, 0.25) is 0 Å². The molecule has 102 valence electrons. The van der Waals surface area contributed by atoms with Crippen LogP contribution in [0, 0.1) is 13.8 Å². The molecular formula is C12H13BrN2O2S2. The molecule has 1 aromatic heterocycles. The van der Waals surface area contributed by atoms with E-state index in [9.17, 15) is 8.42 Å². The molecule has 3 N–H and O–H groups in total. The summed E-state index contributed by atoms with van der Waals surface area (Å²) in [5.41, 5.74) is 8.69. The van der Waals surface area contributed by atoms with Crippen LogP contribution in [0.3, 0.4) is 0 Å². The first-order valence-corrected chi connectivity index (χ1v) is 8.54. The van der Waals surface area contributed by atoms with Gasteiger partial charge in [-0.3, -0.25) is 4.72 Å². The van der Waals surface area contributed by atoms with Crippen molar-refractivity contribution in [1.29, 1.82) is 0 Å². The van der Waals surface area contributed by atoms with Crippen LogP contribution in [0.2, 0.25) is 0 Å². The number of halogens is 1. The van der Waals surface area contributed by atoms with Gasteiger partial charge >= 0.3 is 0 Å². The van der Waals surface area contributed by atoms with E-state index in [0.29, 0.717) is 11.4 Å². The van der Waals surface area contributed by atoms with E-state index in [1.807, 2.05) is 13.8 Å². The molecule has 0 saturated heterocycles. The van der Waals surface area contributed by atoms with E-state index in [1.54, 1.807) is 24.3 Å². The number of hydrogen-bond acceptors (Lipinski definition) is 4. The third-order valence-electron chi connectivity index (χ3n) is 2.72. The third-order valence-corrected chi connectivity index (χ3v) is 6.20. The van der Waals surface area contributed by atoms with Gasteiger partial charge < -0.3 is 5.73 Å². The smallest absolute Gasteiger partial charge is 0.271 e. The molecular weight excluding hydrogens is 348 g/mol. The maximum atomic E-state index is 12.2. The monoisotopic (exact) mass is 360 g/mol. The number of thiophene rings is 1. The summed E-state index contributed by atoms with van der Waals surface area (Å²) in [6, 6.07) is 6.75. The van der Waals surface area contributed by atoms with Crippen molar-refractivity contribution in [3.05, 3.63) is 39.2 Å². The van der Waals surface area contributed by atoms with E-state index in [0.717, 1.165) is 26.3 Å². The number of hydrogen-bond donors (Lipinski definition) is 2. The van der Waals surface area contributed by atoms with Crippen LogP contribution in [0.25, 0.3) is 0 Å². The second kappa shape index (κ2) is 5.15. The number of nitrogen functional groups attached to an aromatic ring is 1. The van der Waals surface area contributed by atoms with Crippen LogP contribution in [-0.2, 0) is 10.0 Å². The van der Waals surface area contributed by atoms with Crippen molar-refractivity contribution in [2.75, 3.05) is 10.5 Å². The number of rotatable bonds is 3. The van der Waals surface area contributed by atoms with Crippen molar-refractivity contribution in [3.8, 4) is 0 Å². The Balaban J connectivity index is 2.38. The molecule has 0 aliphatic heterocycles. The maximum Gasteiger partial charge on any atom is 0.271 e. The molecule has 0 spiro atoms. The van der Waals surface area contributed by atoms with Crippen LogP contribution in [-0.4, -0.2) is 8.42 Å². The van der Waals surface area contributed by atoms with Crippen LogP contribution in [0.4, 0.5) is 11.4 Å². The normalized spacial score (nSPS) is 11.5. The highest BCUT2D eigenvalue weighted by molar-refractivity contribution is 9.11. The first kappa shape index (κ1) is 14.4. The Morgan fingerprint density at radius 2 is 1.84 bits per heavy atom. The maximum absolute atomic E-state index is 12.2. The number of anilines is 2. The molecule has 0 atom stereocenters. The summed E-state index contributed by atoms with van der Waals surface area (Å²) in [6.07, 6.45) is 0. The number of benzene rings is 1. The van der Waals surface area contributed by atoms with Gasteiger partial charge in [-0.1, -0.05) is 0 Å². The second-order valence-corrected chi connectivity index (χ2v) is 8.56. The van der Waals surface area contributed by atoms with Gasteiger partial charge in [0.1, 0.15) is 4.21 Å². The van der Waals surface area contributed by atoms with Crippen molar-refractivity contribution in [1.82, 2.24) is 0 Å². The van der Waals surface area contributed by atoms with Gasteiger partial charge in [0.25, 0.3) is 10.0 Å². The van der Waals surface area contributed by atoms with Gasteiger partial charge in [-0.05, 0) is 65.2 Å². The zero-order chi connectivity index (χ0) is 14.2. The zero-order valence-corrected chi connectivity index (χ0v) is 13.6. The van der Waals surface area contributed by atoms with E-state index in [1.165, 1.54) is 0 Å². The summed E-state index contributed by atoms with van der Waals surface area (Å²) in [4.78, 5) is 0. The Morgan fingerprint density at radius 1 is 1.21 bits per heavy atom. The summed E-state index contributed by atoms with van der Waals surface area (Å²) in [5.74, 6) is 0. The average molecular weight is 361 g/mol. The zero-order valence-electron chi connectivity index (χ0n) is 10.4. The first-order chi connectivity index (χ1) is 8.79. The van der Waals surface area contributed by atoms with Crippen molar-refractivity contribution < 1.29 is 8.42 Å². The second-order valence-electron chi connectivity index (χ2n) is 4.19. The molecule has 0 aliphatic rings. The Kier molecular flexibility index (Phi) is 3.89. The molecule has 0 amide bonds. The number of sulfonamides is 1. The molecule has 4 nitrogen and oxygen atoms in total. The van der Waals surface area contributed by atoms with Crippen LogP contribution >= 0.6 is 27.3 Å². The van der Waals surface area contributed by atoms with Crippen molar-refractivity contribution in [2.45, 2.75) is 18.1 Å². The average Bonchev–Trinajstić information content (AvgIpc) is 2.73. The van der Waals surface area contributed by atoms with E-state index < -0.39 is 10.0 Å². The Bertz CT molecular complexity index is 723. The largest absolute Gasteiger partial charge is 0.397 e. The lowest BCUT2D eigenvalue weighted by atomic mass is 10.1. The minimum Gasteiger partial charge on any atom is -0.397 e. The fraction of sp³-hybridized carbons (Fsp3) is 0.167. The summed E-state index contributed by atoms with van der Waals surface area (Å²) in [5, 5.41) is 0. The van der Waals surface area contributed by atoms with Gasteiger partial charge in [0, 0.05) is 0 Å². The predicted octanol–water partition coefficient (Wildman–Crippen LogP) is 3.51. The molecule has 1 aromatic carbocycles. The Hall–Kier alpha value is -1.05. The molecule has 19 heavy (non-hydrogen) atoms. The van der Waals surface area contributed by atoms with Gasteiger partial charge in [-0.25, -0.2) is 8.42 Å². The Morgan fingerprint density at radius 3 is 2.42 bits per heavy atom. The van der Waals surface area contributed by atoms with Gasteiger partial charge in [0.05, 0.1) is 15.2 Å². The SMILES string of the molecule is Cc1cc(N)c(NS(=O)(=O)c2ccc(Br)s2)cc1C. The summed E-state index contributed by atoms with van der Waals surface area (Å²) >= 11 is 4.40. The molecule has 2 aromatic rings. The number of nitrogens with one attached hydrogen (secondary N) is 1. The molecule has 0 fully saturated rings. The predicted molar refractivity (Wildman–Crippen MR) is 83.2 cm³/mol. The number of aryl methyl sites for hydroxylation is 2. The van der Waals surface area contributed by atoms with Crippen molar-refractivity contribution in [3.63, 3.8) is 0 Å². The van der Waals surface area contributed by atoms with E-state index in [4.69, 9.17) is 5.73 Å². The molecule has 0 radical (unpaired) electrons. The molecule has 7 heteroatoms. The van der Waals surface area contributed by atoms with Crippen LogP contribution in [0.15, 0.2) is 32.3 Å². The molecule has 0 saturated carbocycles. The van der Waals surface area contributed by atoms with Crippen LogP contribution in [0.5, 0.6) is 0 Å². The summed E-state index contributed by atoms with van der Waals surface area (Å²) in [6.45, 7) is 3.84. The fourth-order valence-corrected chi connectivity index (χ4v) is 4.65. The lowest BCUT2D eigenvalue weighted by molar-refractivity contribution is 0.603. The highest BCUT2D eigenvalue weighted by atomic mass is 79.9. The standard InChI is InChI=1S/C12H13BrN2O2S2/c1-7-5-9(14)10(6-8(7)2)15-19(16,17)12-4-3-11(13)18-12/h3-6,15H,14H2,1-2H3. The molecule has 0 bridgehead atoms. The van der Waals surface area contributed by atoms with E-state index in [-0.39, 0.29) is 4.21 Å². The van der Waals surface area contributed by atoms with Crippen molar-refractivity contribution in [2.24, 2.45) is 0 Å². The van der Waals surface area contributed by atoms with Gasteiger partial charge in [-0.2, -0.15) is 0 Å².